The summed E-state index contributed by atoms with van der Waals surface area (Å²) in [6.07, 6.45) is 3.65. The molecule has 4 heterocycles. The molecule has 0 amide bonds. The van der Waals surface area contributed by atoms with Crippen molar-refractivity contribution in [1.29, 1.82) is 0 Å². The molecule has 2 aromatic heterocycles. The second kappa shape index (κ2) is 12.7. The van der Waals surface area contributed by atoms with E-state index in [4.69, 9.17) is 37.4 Å². The van der Waals surface area contributed by atoms with Crippen molar-refractivity contribution in [1.82, 2.24) is 29.5 Å². The van der Waals surface area contributed by atoms with Gasteiger partial charge in [-0.05, 0) is 56.7 Å². The molecule has 2 aromatic carbocycles. The molecule has 0 bridgehead atoms. The highest BCUT2D eigenvalue weighted by atomic mass is 35.5. The third-order valence-corrected chi connectivity index (χ3v) is 8.60. The van der Waals surface area contributed by atoms with Crippen molar-refractivity contribution in [3.8, 4) is 11.7 Å². The lowest BCUT2D eigenvalue weighted by Gasteiger charge is -2.36. The normalized spacial score (nSPS) is 21.1. The number of aromatic nitrogens is 6. The lowest BCUT2D eigenvalue weighted by molar-refractivity contribution is -0.164. The van der Waals surface area contributed by atoms with Gasteiger partial charge in [-0.1, -0.05) is 36.2 Å². The molecule has 2 aliphatic rings. The highest BCUT2D eigenvalue weighted by Crippen LogP contribution is 2.38. The first kappa shape index (κ1) is 30.3. The zero-order valence-electron chi connectivity index (χ0n) is 24.8. The van der Waals surface area contributed by atoms with Crippen LogP contribution in [0.2, 0.25) is 10.0 Å². The molecular weight excluding hydrogens is 607 g/mol. The molecule has 2 aliphatic heterocycles. The third-order valence-electron chi connectivity index (χ3n) is 8.05. The summed E-state index contributed by atoms with van der Waals surface area (Å²) in [6, 6.07) is 13.3. The number of piperazine rings is 1. The smallest absolute Gasteiger partial charge is 0.353 e. The highest BCUT2D eigenvalue weighted by molar-refractivity contribution is 6.35. The van der Waals surface area contributed by atoms with Crippen LogP contribution in [0, 0.1) is 0 Å². The number of hydrogen-bond donors (Lipinski definition) is 0. The van der Waals surface area contributed by atoms with Crippen molar-refractivity contribution in [2.24, 2.45) is 0 Å². The maximum atomic E-state index is 12.6. The SMILES string of the molecule is CCC(C)n1ncn(-c2ncc(N3CCN(c4ccc(OCC5COC(C)(c6ccc(Cl)cc6Cl)O5)cc4)CC3)nn2)c1=O. The van der Waals surface area contributed by atoms with E-state index in [1.54, 1.807) is 18.3 Å². The van der Waals surface area contributed by atoms with Crippen molar-refractivity contribution in [2.75, 3.05) is 49.2 Å². The monoisotopic (exact) mass is 640 g/mol. The summed E-state index contributed by atoms with van der Waals surface area (Å²) in [6.45, 7) is 9.68. The van der Waals surface area contributed by atoms with Gasteiger partial charge in [-0.2, -0.15) is 5.10 Å². The van der Waals surface area contributed by atoms with Gasteiger partial charge in [0.15, 0.2) is 11.6 Å². The van der Waals surface area contributed by atoms with E-state index >= 15 is 0 Å². The molecule has 0 radical (unpaired) electrons. The summed E-state index contributed by atoms with van der Waals surface area (Å²) in [5.74, 6) is 0.681. The van der Waals surface area contributed by atoms with Crippen molar-refractivity contribution in [3.05, 3.63) is 81.1 Å². The van der Waals surface area contributed by atoms with Gasteiger partial charge in [-0.15, -0.1) is 10.2 Å². The quantitative estimate of drug-likeness (QED) is 0.259. The molecule has 12 nitrogen and oxygen atoms in total. The fourth-order valence-electron chi connectivity index (χ4n) is 5.30. The van der Waals surface area contributed by atoms with Gasteiger partial charge in [0, 0.05) is 42.5 Å². The van der Waals surface area contributed by atoms with Gasteiger partial charge >= 0.3 is 5.69 Å². The van der Waals surface area contributed by atoms with E-state index in [1.807, 2.05) is 39.0 Å². The minimum atomic E-state index is -0.956. The summed E-state index contributed by atoms with van der Waals surface area (Å²) >= 11 is 12.4. The Bertz CT molecular complexity index is 1640. The van der Waals surface area contributed by atoms with E-state index in [-0.39, 0.29) is 23.8 Å². The Kier molecular flexibility index (Phi) is 8.77. The van der Waals surface area contributed by atoms with Gasteiger partial charge in [-0.3, -0.25) is 0 Å². The molecule has 3 atom stereocenters. The number of benzene rings is 2. The van der Waals surface area contributed by atoms with Gasteiger partial charge in [0.05, 0.1) is 23.9 Å². The Morgan fingerprint density at radius 1 is 1.07 bits per heavy atom. The number of halogens is 2. The summed E-state index contributed by atoms with van der Waals surface area (Å²) < 4.78 is 20.9. The topological polar surface area (TPSA) is 113 Å². The van der Waals surface area contributed by atoms with Crippen LogP contribution in [0.1, 0.15) is 38.8 Å². The van der Waals surface area contributed by atoms with Crippen LogP contribution >= 0.6 is 23.2 Å². The number of ether oxygens (including phenoxy) is 3. The van der Waals surface area contributed by atoms with Gasteiger partial charge < -0.3 is 24.0 Å². The molecule has 6 rings (SSSR count). The van der Waals surface area contributed by atoms with Crippen molar-refractivity contribution < 1.29 is 14.2 Å². The lowest BCUT2D eigenvalue weighted by atomic mass is 10.1. The van der Waals surface area contributed by atoms with Crippen molar-refractivity contribution >= 4 is 34.7 Å². The van der Waals surface area contributed by atoms with E-state index < -0.39 is 5.79 Å². The standard InChI is InChI=1S/C30H34Cl2N8O4/c1-4-20(2)40-29(41)39(19-34-40)28-33-16-27(35-36-28)38-13-11-37(12-14-38)22-6-8-23(9-7-22)42-17-24-18-43-30(3,44-24)25-10-5-21(31)15-26(25)32/h5-10,15-16,19-20,24H,4,11-14,17-18H2,1-3H3. The Morgan fingerprint density at radius 2 is 1.82 bits per heavy atom. The van der Waals surface area contributed by atoms with Crippen LogP contribution in [0.5, 0.6) is 5.75 Å². The maximum absolute atomic E-state index is 12.6. The van der Waals surface area contributed by atoms with E-state index in [0.29, 0.717) is 29.1 Å². The Morgan fingerprint density at radius 3 is 2.50 bits per heavy atom. The molecular formula is C30H34Cl2N8O4. The maximum Gasteiger partial charge on any atom is 0.353 e. The predicted molar refractivity (Wildman–Crippen MR) is 167 cm³/mol. The van der Waals surface area contributed by atoms with Crippen molar-refractivity contribution in [2.45, 2.75) is 45.1 Å². The molecule has 2 fully saturated rings. The zero-order valence-corrected chi connectivity index (χ0v) is 26.3. The van der Waals surface area contributed by atoms with Gasteiger partial charge in [0.1, 0.15) is 24.8 Å². The molecule has 14 heteroatoms. The molecule has 44 heavy (non-hydrogen) atoms. The zero-order chi connectivity index (χ0) is 30.8. The fourth-order valence-corrected chi connectivity index (χ4v) is 5.88. The highest BCUT2D eigenvalue weighted by Gasteiger charge is 2.40. The molecule has 232 valence electrons. The van der Waals surface area contributed by atoms with Crippen LogP contribution < -0.4 is 20.2 Å². The van der Waals surface area contributed by atoms with Crippen LogP contribution in [0.15, 0.2) is 59.8 Å². The first-order valence-corrected chi connectivity index (χ1v) is 15.4. The van der Waals surface area contributed by atoms with Crippen LogP contribution in [0.4, 0.5) is 11.5 Å². The third kappa shape index (κ3) is 6.25. The van der Waals surface area contributed by atoms with Crippen LogP contribution in [0.3, 0.4) is 0 Å². The summed E-state index contributed by atoms with van der Waals surface area (Å²) in [5.41, 5.74) is 1.57. The number of anilines is 2. The minimum Gasteiger partial charge on any atom is -0.491 e. The summed E-state index contributed by atoms with van der Waals surface area (Å²) in [5, 5.41) is 13.8. The fraction of sp³-hybridized carbons (Fsp3) is 0.433. The number of hydrogen-bond acceptors (Lipinski definition) is 10. The molecule has 0 spiro atoms. The van der Waals surface area contributed by atoms with E-state index in [2.05, 4.69) is 42.2 Å². The molecule has 0 saturated carbocycles. The van der Waals surface area contributed by atoms with Gasteiger partial charge in [0.2, 0.25) is 0 Å². The van der Waals surface area contributed by atoms with E-state index in [0.717, 1.165) is 49.6 Å². The average Bonchev–Trinajstić information content (AvgIpc) is 3.62. The van der Waals surface area contributed by atoms with Crippen molar-refractivity contribution in [3.63, 3.8) is 0 Å². The van der Waals surface area contributed by atoms with E-state index in [9.17, 15) is 4.79 Å². The van der Waals surface area contributed by atoms with Crippen LogP contribution in [0.25, 0.3) is 5.95 Å². The second-order valence-corrected chi connectivity index (χ2v) is 11.8. The van der Waals surface area contributed by atoms with E-state index in [1.165, 1.54) is 15.6 Å². The first-order valence-electron chi connectivity index (χ1n) is 14.6. The minimum absolute atomic E-state index is 0.00347. The van der Waals surface area contributed by atoms with Crippen LogP contribution in [-0.2, 0) is 15.3 Å². The molecule has 3 unspecified atom stereocenters. The second-order valence-electron chi connectivity index (χ2n) is 11.0. The predicted octanol–water partition coefficient (Wildman–Crippen LogP) is 4.49. The lowest BCUT2D eigenvalue weighted by Crippen LogP contribution is -2.47. The molecule has 0 N–H and O–H groups in total. The first-order chi connectivity index (χ1) is 21.2. The number of nitrogens with zero attached hydrogens (tertiary/aromatic N) is 8. The summed E-state index contributed by atoms with van der Waals surface area (Å²) in [7, 11) is 0. The van der Waals surface area contributed by atoms with Gasteiger partial charge in [-0.25, -0.2) is 19.0 Å². The van der Waals surface area contributed by atoms with Gasteiger partial charge in [0.25, 0.3) is 5.95 Å². The average molecular weight is 642 g/mol. The Balaban J connectivity index is 0.991. The molecule has 4 aromatic rings. The molecule has 0 aliphatic carbocycles. The summed E-state index contributed by atoms with van der Waals surface area (Å²) in [4.78, 5) is 21.5. The molecule has 2 saturated heterocycles. The Hall–Kier alpha value is -3.71. The largest absolute Gasteiger partial charge is 0.491 e. The number of rotatable bonds is 9. The Labute approximate surface area is 265 Å². The van der Waals surface area contributed by atoms with Crippen LogP contribution in [-0.4, -0.2) is 75.0 Å².